The highest BCUT2D eigenvalue weighted by molar-refractivity contribution is 5.89. The monoisotopic (exact) mass is 506 g/mol. The Morgan fingerprint density at radius 2 is 1.42 bits per heavy atom. The molecule has 0 bridgehead atoms. The van der Waals surface area contributed by atoms with E-state index in [4.69, 9.17) is 9.47 Å². The molecule has 0 aromatic heterocycles. The first-order valence-electron chi connectivity index (χ1n) is 13.3. The Morgan fingerprint density at radius 3 is 2.11 bits per heavy atom. The van der Waals surface area contributed by atoms with Gasteiger partial charge < -0.3 is 19.7 Å². The second-order valence-corrected chi connectivity index (χ2v) is 9.77. The number of ether oxygens (including phenoxy) is 2. The van der Waals surface area contributed by atoms with Crippen LogP contribution in [0.15, 0.2) is 109 Å². The summed E-state index contributed by atoms with van der Waals surface area (Å²) >= 11 is 0. The number of hydrogen-bond donors (Lipinski definition) is 1. The molecular weight excluding hydrogens is 472 g/mol. The van der Waals surface area contributed by atoms with E-state index >= 15 is 0 Å². The van der Waals surface area contributed by atoms with Crippen molar-refractivity contribution in [3.63, 3.8) is 0 Å². The highest BCUT2D eigenvalue weighted by atomic mass is 16.5. The van der Waals surface area contributed by atoms with Gasteiger partial charge in [0.05, 0.1) is 7.11 Å². The number of amides is 2. The van der Waals surface area contributed by atoms with Gasteiger partial charge >= 0.3 is 6.03 Å². The first kappa shape index (κ1) is 25.4. The molecule has 5 nitrogen and oxygen atoms in total. The van der Waals surface area contributed by atoms with Gasteiger partial charge in [0.2, 0.25) is 0 Å². The van der Waals surface area contributed by atoms with Gasteiger partial charge in [0.15, 0.2) is 0 Å². The number of methoxy groups -OCH3 is 1. The Kier molecular flexibility index (Phi) is 8.24. The molecule has 2 amide bonds. The number of hydrogen-bond acceptors (Lipinski definition) is 3. The van der Waals surface area contributed by atoms with Gasteiger partial charge in [0.25, 0.3) is 0 Å². The molecule has 1 N–H and O–H groups in total. The van der Waals surface area contributed by atoms with Crippen molar-refractivity contribution in [3.05, 3.63) is 120 Å². The molecule has 0 unspecified atom stereocenters. The van der Waals surface area contributed by atoms with E-state index in [0.29, 0.717) is 23.9 Å². The molecule has 5 heteroatoms. The molecule has 0 saturated heterocycles. The minimum atomic E-state index is -0.0964. The molecule has 1 fully saturated rings. The molecule has 4 aromatic carbocycles. The average molecular weight is 507 g/mol. The summed E-state index contributed by atoms with van der Waals surface area (Å²) in [7, 11) is 1.66. The van der Waals surface area contributed by atoms with Crippen LogP contribution in [0.5, 0.6) is 17.2 Å². The maximum Gasteiger partial charge on any atom is 0.322 e. The number of benzene rings is 4. The van der Waals surface area contributed by atoms with Gasteiger partial charge in [0, 0.05) is 24.3 Å². The second-order valence-electron chi connectivity index (χ2n) is 9.77. The summed E-state index contributed by atoms with van der Waals surface area (Å²) in [6, 6.07) is 35.9. The third-order valence-corrected chi connectivity index (χ3v) is 7.25. The summed E-state index contributed by atoms with van der Waals surface area (Å²) in [5.41, 5.74) is 3.18. The van der Waals surface area contributed by atoms with E-state index in [0.717, 1.165) is 42.7 Å². The topological polar surface area (TPSA) is 50.8 Å². The molecule has 0 spiro atoms. The first-order chi connectivity index (χ1) is 18.7. The van der Waals surface area contributed by atoms with Crippen molar-refractivity contribution >= 4 is 11.7 Å². The Bertz CT molecular complexity index is 1300. The molecule has 0 radical (unpaired) electrons. The van der Waals surface area contributed by atoms with Crippen LogP contribution >= 0.6 is 0 Å². The summed E-state index contributed by atoms with van der Waals surface area (Å²) < 4.78 is 11.3. The van der Waals surface area contributed by atoms with E-state index in [2.05, 4.69) is 35.6 Å². The lowest BCUT2D eigenvalue weighted by atomic mass is 9.81. The standard InChI is InChI=1S/C33H34N2O3/c1-37-30-21-15-25(16-22-30)24-35(29-19-17-27(18-20-29)26-9-4-2-5-10-26)33(36)34-28-11-8-14-32(23-28)38-31-12-6-3-7-13-31/h2-16,21-23,27,29H,17-20,24H2,1H3,(H,34,36)/t27-,29-. The predicted molar refractivity (Wildman–Crippen MR) is 152 cm³/mol. The first-order valence-corrected chi connectivity index (χ1v) is 13.3. The van der Waals surface area contributed by atoms with Gasteiger partial charge in [-0.3, -0.25) is 0 Å². The number of urea groups is 1. The van der Waals surface area contributed by atoms with E-state index in [1.165, 1.54) is 5.56 Å². The van der Waals surface area contributed by atoms with Crippen LogP contribution in [0.1, 0.15) is 42.7 Å². The minimum Gasteiger partial charge on any atom is -0.497 e. The maximum absolute atomic E-state index is 13.7. The molecule has 194 valence electrons. The van der Waals surface area contributed by atoms with Crippen molar-refractivity contribution in [1.29, 1.82) is 0 Å². The summed E-state index contributed by atoms with van der Waals surface area (Å²) in [5, 5.41) is 3.13. The fraction of sp³-hybridized carbons (Fsp3) is 0.242. The van der Waals surface area contributed by atoms with Crippen LogP contribution in [0.4, 0.5) is 10.5 Å². The summed E-state index contributed by atoms with van der Waals surface area (Å²) in [4.78, 5) is 15.7. The van der Waals surface area contributed by atoms with Crippen LogP contribution in [0.25, 0.3) is 0 Å². The fourth-order valence-corrected chi connectivity index (χ4v) is 5.20. The normalized spacial score (nSPS) is 16.9. The van der Waals surface area contributed by atoms with Crippen molar-refractivity contribution < 1.29 is 14.3 Å². The number of anilines is 1. The Balaban J connectivity index is 1.30. The van der Waals surface area contributed by atoms with Crippen LogP contribution in [-0.4, -0.2) is 24.1 Å². The second kappa shape index (κ2) is 12.3. The number of nitrogens with zero attached hydrogens (tertiary/aromatic N) is 1. The molecule has 5 rings (SSSR count). The van der Waals surface area contributed by atoms with Crippen LogP contribution in [0.2, 0.25) is 0 Å². The van der Waals surface area contributed by atoms with E-state index < -0.39 is 0 Å². The van der Waals surface area contributed by atoms with Crippen LogP contribution < -0.4 is 14.8 Å². The van der Waals surface area contributed by atoms with Gasteiger partial charge in [-0.2, -0.15) is 0 Å². The van der Waals surface area contributed by atoms with E-state index in [-0.39, 0.29) is 12.1 Å². The average Bonchev–Trinajstić information content (AvgIpc) is 2.97. The highest BCUT2D eigenvalue weighted by Crippen LogP contribution is 2.35. The van der Waals surface area contributed by atoms with Gasteiger partial charge in [-0.1, -0.05) is 66.7 Å². The summed E-state index contributed by atoms with van der Waals surface area (Å²) in [5.74, 6) is 2.79. The lowest BCUT2D eigenvalue weighted by molar-refractivity contribution is 0.158. The van der Waals surface area contributed by atoms with Gasteiger partial charge in [-0.15, -0.1) is 0 Å². The molecule has 0 aliphatic heterocycles. The van der Waals surface area contributed by atoms with E-state index in [1.54, 1.807) is 7.11 Å². The van der Waals surface area contributed by atoms with E-state index in [9.17, 15) is 4.79 Å². The molecular formula is C33H34N2O3. The van der Waals surface area contributed by atoms with Crippen molar-refractivity contribution in [2.75, 3.05) is 12.4 Å². The predicted octanol–water partition coefficient (Wildman–Crippen LogP) is 8.25. The lowest BCUT2D eigenvalue weighted by Gasteiger charge is -2.37. The Hall–Kier alpha value is -4.25. The minimum absolute atomic E-state index is 0.0964. The van der Waals surface area contributed by atoms with Crippen molar-refractivity contribution in [1.82, 2.24) is 4.90 Å². The maximum atomic E-state index is 13.7. The van der Waals surface area contributed by atoms with Crippen LogP contribution in [0, 0.1) is 0 Å². The number of carbonyl (C=O) groups is 1. The lowest BCUT2D eigenvalue weighted by Crippen LogP contribution is -2.44. The van der Waals surface area contributed by atoms with Crippen molar-refractivity contribution in [2.24, 2.45) is 0 Å². The smallest absolute Gasteiger partial charge is 0.322 e. The fourth-order valence-electron chi connectivity index (χ4n) is 5.20. The third-order valence-electron chi connectivity index (χ3n) is 7.25. The number of para-hydroxylation sites is 1. The van der Waals surface area contributed by atoms with Gasteiger partial charge in [-0.25, -0.2) is 4.79 Å². The quantitative estimate of drug-likeness (QED) is 0.262. The number of nitrogens with one attached hydrogen (secondary N) is 1. The third kappa shape index (κ3) is 6.54. The molecule has 1 saturated carbocycles. The molecule has 1 aliphatic carbocycles. The van der Waals surface area contributed by atoms with Crippen LogP contribution in [-0.2, 0) is 6.54 Å². The number of carbonyl (C=O) groups excluding carboxylic acids is 1. The summed E-state index contributed by atoms with van der Waals surface area (Å²) in [6.07, 6.45) is 4.09. The van der Waals surface area contributed by atoms with Crippen molar-refractivity contribution in [3.8, 4) is 17.2 Å². The molecule has 0 heterocycles. The Labute approximate surface area is 225 Å². The molecule has 0 atom stereocenters. The van der Waals surface area contributed by atoms with Crippen LogP contribution in [0.3, 0.4) is 0 Å². The zero-order valence-corrected chi connectivity index (χ0v) is 21.8. The number of rotatable bonds is 8. The van der Waals surface area contributed by atoms with Gasteiger partial charge in [-0.05, 0) is 79.1 Å². The Morgan fingerprint density at radius 1 is 0.763 bits per heavy atom. The van der Waals surface area contributed by atoms with Gasteiger partial charge in [0.1, 0.15) is 17.2 Å². The molecule has 1 aliphatic rings. The highest BCUT2D eigenvalue weighted by Gasteiger charge is 2.30. The molecule has 4 aromatic rings. The SMILES string of the molecule is COc1ccc(CN(C(=O)Nc2cccc(Oc3ccccc3)c2)[C@H]2CC[C@H](c3ccccc3)CC2)cc1. The van der Waals surface area contributed by atoms with Crippen molar-refractivity contribution in [2.45, 2.75) is 44.2 Å². The van der Waals surface area contributed by atoms with E-state index in [1.807, 2.05) is 83.8 Å². The summed E-state index contributed by atoms with van der Waals surface area (Å²) in [6.45, 7) is 0.538. The largest absolute Gasteiger partial charge is 0.497 e. The zero-order chi connectivity index (χ0) is 26.2. The molecule has 38 heavy (non-hydrogen) atoms. The zero-order valence-electron chi connectivity index (χ0n) is 21.8.